The summed E-state index contributed by atoms with van der Waals surface area (Å²) in [6, 6.07) is 4.82. The summed E-state index contributed by atoms with van der Waals surface area (Å²) in [5, 5.41) is 2.17. The van der Waals surface area contributed by atoms with E-state index in [0.29, 0.717) is 18.5 Å². The lowest BCUT2D eigenvalue weighted by molar-refractivity contribution is -0.116. The molecule has 0 unspecified atom stereocenters. The van der Waals surface area contributed by atoms with E-state index in [4.69, 9.17) is 5.73 Å². The molecule has 0 aliphatic carbocycles. The van der Waals surface area contributed by atoms with Gasteiger partial charge in [0.25, 0.3) is 11.8 Å². The minimum Gasteiger partial charge on any atom is -0.346 e. The van der Waals surface area contributed by atoms with Crippen LogP contribution < -0.4 is 16.0 Å². The van der Waals surface area contributed by atoms with Gasteiger partial charge in [-0.05, 0) is 30.2 Å². The molecule has 1 aliphatic rings. The molecule has 0 spiro atoms. The minimum atomic E-state index is -3.11. The molecule has 0 radical (unpaired) electrons. The van der Waals surface area contributed by atoms with E-state index in [1.807, 2.05) is 0 Å². The van der Waals surface area contributed by atoms with Crippen LogP contribution in [-0.4, -0.2) is 37.4 Å². The number of carbonyl (C=O) groups is 2. The number of alkyl halides is 2. The molecule has 8 heteroatoms. The van der Waals surface area contributed by atoms with Crippen molar-refractivity contribution in [2.75, 3.05) is 24.5 Å². The summed E-state index contributed by atoms with van der Waals surface area (Å²) in [6.07, 6.45) is 0.648. The van der Waals surface area contributed by atoms with Crippen molar-refractivity contribution in [3.63, 3.8) is 0 Å². The van der Waals surface area contributed by atoms with Crippen LogP contribution >= 0.6 is 12.4 Å². The quantitative estimate of drug-likeness (QED) is 0.873. The highest BCUT2D eigenvalue weighted by Gasteiger charge is 2.28. The van der Waals surface area contributed by atoms with Crippen molar-refractivity contribution >= 4 is 29.9 Å². The Morgan fingerprint density at radius 1 is 1.41 bits per heavy atom. The van der Waals surface area contributed by atoms with Crippen molar-refractivity contribution in [2.24, 2.45) is 5.73 Å². The lowest BCUT2D eigenvalue weighted by Crippen LogP contribution is -2.41. The normalized spacial score (nSPS) is 13.4. The van der Waals surface area contributed by atoms with Gasteiger partial charge in [0.05, 0.1) is 13.1 Å². The monoisotopic (exact) mass is 333 g/mol. The van der Waals surface area contributed by atoms with Gasteiger partial charge in [-0.2, -0.15) is 0 Å². The van der Waals surface area contributed by atoms with Gasteiger partial charge in [0.1, 0.15) is 0 Å². The van der Waals surface area contributed by atoms with Gasteiger partial charge in [0.15, 0.2) is 0 Å². The van der Waals surface area contributed by atoms with E-state index in [0.717, 1.165) is 11.3 Å². The number of rotatable bonds is 4. The topological polar surface area (TPSA) is 75.4 Å². The highest BCUT2D eigenvalue weighted by atomic mass is 35.5. The maximum atomic E-state index is 13.0. The number of carbonyl (C=O) groups excluding carboxylic acids is 2. The third-order valence-electron chi connectivity index (χ3n) is 3.42. The molecule has 0 fully saturated rings. The fourth-order valence-electron chi connectivity index (χ4n) is 2.25. The maximum absolute atomic E-state index is 13.0. The molecule has 1 aromatic rings. The van der Waals surface area contributed by atoms with Crippen LogP contribution in [0.2, 0.25) is 0 Å². The smallest absolute Gasteiger partial charge is 0.277 e. The van der Waals surface area contributed by atoms with Crippen molar-refractivity contribution in [3.8, 4) is 0 Å². The van der Waals surface area contributed by atoms with Gasteiger partial charge in [0.2, 0.25) is 5.91 Å². The molecule has 1 heterocycles. The molecule has 0 atom stereocenters. The zero-order valence-electron chi connectivity index (χ0n) is 12.1. The van der Waals surface area contributed by atoms with Gasteiger partial charge < -0.3 is 16.0 Å². The number of nitrogens with one attached hydrogen (secondary N) is 1. The number of anilines is 1. The molecule has 5 nitrogen and oxygen atoms in total. The molecule has 2 rings (SSSR count). The number of amides is 2. The number of halogens is 3. The van der Waals surface area contributed by atoms with E-state index in [1.54, 1.807) is 17.0 Å². The van der Waals surface area contributed by atoms with Gasteiger partial charge in [-0.25, -0.2) is 8.78 Å². The fraction of sp³-hybridized carbons (Fsp3) is 0.429. The zero-order valence-corrected chi connectivity index (χ0v) is 12.9. The van der Waals surface area contributed by atoms with Gasteiger partial charge >= 0.3 is 0 Å². The molecule has 22 heavy (non-hydrogen) atoms. The summed E-state index contributed by atoms with van der Waals surface area (Å²) < 4.78 is 26.0. The fourth-order valence-corrected chi connectivity index (χ4v) is 2.25. The molecule has 122 valence electrons. The third kappa shape index (κ3) is 3.92. The van der Waals surface area contributed by atoms with Crippen molar-refractivity contribution in [3.05, 3.63) is 29.3 Å². The second kappa shape index (κ2) is 7.02. The molecular weight excluding hydrogens is 316 g/mol. The highest BCUT2D eigenvalue weighted by molar-refractivity contribution is 5.97. The van der Waals surface area contributed by atoms with Crippen LogP contribution in [0.15, 0.2) is 18.2 Å². The van der Waals surface area contributed by atoms with Crippen LogP contribution in [0.4, 0.5) is 14.5 Å². The molecule has 0 bridgehead atoms. The summed E-state index contributed by atoms with van der Waals surface area (Å²) in [5.41, 5.74) is 6.84. The van der Waals surface area contributed by atoms with Crippen LogP contribution in [-0.2, 0) is 11.2 Å². The predicted octanol–water partition coefficient (Wildman–Crippen LogP) is 1.34. The Morgan fingerprint density at radius 3 is 2.68 bits per heavy atom. The molecule has 0 saturated carbocycles. The maximum Gasteiger partial charge on any atom is 0.277 e. The first-order chi connectivity index (χ1) is 9.84. The molecule has 0 aromatic heterocycles. The Kier molecular flexibility index (Phi) is 5.85. The lowest BCUT2D eigenvalue weighted by Gasteiger charge is -2.16. The first-order valence-electron chi connectivity index (χ1n) is 6.61. The Bertz CT molecular complexity index is 581. The summed E-state index contributed by atoms with van der Waals surface area (Å²) in [4.78, 5) is 24.9. The highest BCUT2D eigenvalue weighted by Crippen LogP contribution is 2.28. The SMILES string of the molecule is CC(=O)N1CCc2cc(C(=O)NCC(F)(F)CN)ccc21.Cl. The molecule has 0 saturated heterocycles. The predicted molar refractivity (Wildman–Crippen MR) is 81.8 cm³/mol. The molecule has 1 aliphatic heterocycles. The Morgan fingerprint density at radius 2 is 2.09 bits per heavy atom. The van der Waals surface area contributed by atoms with Crippen molar-refractivity contribution in [1.82, 2.24) is 5.32 Å². The third-order valence-corrected chi connectivity index (χ3v) is 3.42. The van der Waals surface area contributed by atoms with Crippen LogP contribution in [0, 0.1) is 0 Å². The van der Waals surface area contributed by atoms with Gasteiger partial charge in [0, 0.05) is 24.7 Å². The summed E-state index contributed by atoms with van der Waals surface area (Å²) in [5.74, 6) is -3.75. The zero-order chi connectivity index (χ0) is 15.6. The molecule has 2 amide bonds. The number of hydrogen-bond acceptors (Lipinski definition) is 3. The average Bonchev–Trinajstić information content (AvgIpc) is 2.88. The van der Waals surface area contributed by atoms with Crippen LogP contribution in [0.3, 0.4) is 0 Å². The standard InChI is InChI=1S/C14H17F2N3O2.ClH/c1-9(20)19-5-4-10-6-11(2-3-12(10)19)13(21)18-8-14(15,16)7-17;/h2-3,6H,4-5,7-8,17H2,1H3,(H,18,21);1H. The van der Waals surface area contributed by atoms with E-state index in [-0.39, 0.29) is 18.3 Å². The van der Waals surface area contributed by atoms with E-state index < -0.39 is 24.9 Å². The number of nitrogens with two attached hydrogens (primary N) is 1. The van der Waals surface area contributed by atoms with Gasteiger partial charge in [-0.1, -0.05) is 0 Å². The Balaban J connectivity index is 0.00000242. The van der Waals surface area contributed by atoms with Crippen LogP contribution in [0.25, 0.3) is 0 Å². The lowest BCUT2D eigenvalue weighted by atomic mass is 10.1. The van der Waals surface area contributed by atoms with Crippen LogP contribution in [0.5, 0.6) is 0 Å². The van der Waals surface area contributed by atoms with Crippen LogP contribution in [0.1, 0.15) is 22.8 Å². The van der Waals surface area contributed by atoms with E-state index in [1.165, 1.54) is 13.0 Å². The average molecular weight is 334 g/mol. The second-order valence-electron chi connectivity index (χ2n) is 5.01. The molecular formula is C14H18ClF2N3O2. The number of benzene rings is 1. The summed E-state index contributed by atoms with van der Waals surface area (Å²) in [7, 11) is 0. The van der Waals surface area contributed by atoms with E-state index >= 15 is 0 Å². The second-order valence-corrected chi connectivity index (χ2v) is 5.01. The van der Waals surface area contributed by atoms with Gasteiger partial charge in [-0.15, -0.1) is 12.4 Å². The number of fused-ring (bicyclic) bond motifs is 1. The largest absolute Gasteiger partial charge is 0.346 e. The first kappa shape index (κ1) is 18.3. The molecule has 3 N–H and O–H groups in total. The Hall–Kier alpha value is -1.73. The minimum absolute atomic E-state index is 0. The Labute approximate surface area is 133 Å². The number of hydrogen-bond donors (Lipinski definition) is 2. The van der Waals surface area contributed by atoms with Crippen molar-refractivity contribution in [1.29, 1.82) is 0 Å². The molecule has 1 aromatic carbocycles. The first-order valence-corrected chi connectivity index (χ1v) is 6.61. The van der Waals surface area contributed by atoms with E-state index in [9.17, 15) is 18.4 Å². The van der Waals surface area contributed by atoms with E-state index in [2.05, 4.69) is 5.32 Å². The van der Waals surface area contributed by atoms with Crippen molar-refractivity contribution < 1.29 is 18.4 Å². The van der Waals surface area contributed by atoms with Crippen molar-refractivity contribution in [2.45, 2.75) is 19.3 Å². The summed E-state index contributed by atoms with van der Waals surface area (Å²) >= 11 is 0. The summed E-state index contributed by atoms with van der Waals surface area (Å²) in [6.45, 7) is 0.440. The van der Waals surface area contributed by atoms with Gasteiger partial charge in [-0.3, -0.25) is 9.59 Å². The number of nitrogens with zero attached hydrogens (tertiary/aromatic N) is 1.